The first-order valence-electron chi connectivity index (χ1n) is 8.70. The van der Waals surface area contributed by atoms with Crippen LogP contribution in [0.3, 0.4) is 0 Å². The van der Waals surface area contributed by atoms with Gasteiger partial charge in [0, 0.05) is 0 Å². The van der Waals surface area contributed by atoms with Crippen LogP contribution in [0.5, 0.6) is 0 Å². The average Bonchev–Trinajstić information content (AvgIpc) is 3.13. The van der Waals surface area contributed by atoms with Gasteiger partial charge in [-0.25, -0.2) is 4.57 Å². The Bertz CT molecular complexity index is 553. The van der Waals surface area contributed by atoms with Crippen molar-refractivity contribution in [1.29, 1.82) is 0 Å². The molecule has 1 saturated heterocycles. The van der Waals surface area contributed by atoms with E-state index in [2.05, 4.69) is 6.92 Å². The van der Waals surface area contributed by atoms with E-state index in [4.69, 9.17) is 27.8 Å². The number of rotatable bonds is 12. The summed E-state index contributed by atoms with van der Waals surface area (Å²) in [6, 6.07) is 0. The molecule has 0 aliphatic carbocycles. The summed E-state index contributed by atoms with van der Waals surface area (Å²) in [6.45, 7) is 5.87. The Hall–Kier alpha value is -1.59. The Balaban J connectivity index is 2.09. The highest BCUT2D eigenvalue weighted by Crippen LogP contribution is 2.64. The monoisotopic (exact) mass is 374 g/mol. The van der Waals surface area contributed by atoms with E-state index in [1.807, 2.05) is 13.8 Å². The summed E-state index contributed by atoms with van der Waals surface area (Å²) in [6.07, 6.45) is 12.3. The molecule has 0 aromatic heterocycles. The maximum Gasteiger partial charge on any atom is 0.590 e. The molecule has 2 heterocycles. The van der Waals surface area contributed by atoms with Crippen molar-refractivity contribution in [3.8, 4) is 0 Å². The third kappa shape index (κ3) is 5.44. The Kier molecular flexibility index (Phi) is 7.26. The predicted molar refractivity (Wildman–Crippen MR) is 91.7 cm³/mol. The molecule has 25 heavy (non-hydrogen) atoms. The van der Waals surface area contributed by atoms with Crippen LogP contribution in [0.1, 0.15) is 59.3 Å². The molecule has 2 aliphatic heterocycles. The summed E-state index contributed by atoms with van der Waals surface area (Å²) in [7, 11) is -3.56. The van der Waals surface area contributed by atoms with Gasteiger partial charge in [0.25, 0.3) is 0 Å². The highest BCUT2D eigenvalue weighted by Gasteiger charge is 2.52. The first-order valence-corrected chi connectivity index (χ1v) is 10.2. The minimum absolute atomic E-state index is 0.00264. The molecule has 0 radical (unpaired) electrons. The van der Waals surface area contributed by atoms with Gasteiger partial charge in [0.1, 0.15) is 6.61 Å². The van der Waals surface area contributed by atoms with Crippen molar-refractivity contribution in [3.63, 3.8) is 0 Å². The lowest BCUT2D eigenvalue weighted by atomic mass is 10.1. The van der Waals surface area contributed by atoms with E-state index < -0.39 is 13.8 Å². The fourth-order valence-corrected chi connectivity index (χ4v) is 3.53. The molecule has 1 fully saturated rings. The maximum atomic E-state index is 12.0. The Labute approximate surface area is 149 Å². The summed E-state index contributed by atoms with van der Waals surface area (Å²) in [5, 5.41) is 0. The molecular formula is C17H27O7P. The van der Waals surface area contributed by atoms with Crippen molar-refractivity contribution < 1.29 is 32.3 Å². The molecular weight excluding hydrogens is 347 g/mol. The molecule has 0 N–H and O–H groups in total. The highest BCUT2D eigenvalue weighted by atomic mass is 31.2. The molecule has 8 heteroatoms. The topological polar surface area (TPSA) is 72.5 Å². The van der Waals surface area contributed by atoms with Gasteiger partial charge < -0.3 is 23.3 Å². The molecule has 2 aliphatic rings. The molecule has 142 valence electrons. The van der Waals surface area contributed by atoms with E-state index in [1.54, 1.807) is 12.2 Å². The van der Waals surface area contributed by atoms with Gasteiger partial charge in [0.15, 0.2) is 0 Å². The summed E-state index contributed by atoms with van der Waals surface area (Å²) in [4.78, 5) is 0. The van der Waals surface area contributed by atoms with Crippen molar-refractivity contribution in [2.45, 2.75) is 65.3 Å². The SMILES string of the molecule is C/C=C/OC(CCCCCCC)(O/C=C/C)OC1=C2COP(=O)(O2)O1. The van der Waals surface area contributed by atoms with Gasteiger partial charge in [-0.15, -0.1) is 0 Å². The number of fused-ring (bicyclic) bond motifs is 2. The van der Waals surface area contributed by atoms with Crippen LogP contribution in [0.2, 0.25) is 0 Å². The molecule has 0 aromatic rings. The van der Waals surface area contributed by atoms with Crippen LogP contribution < -0.4 is 0 Å². The zero-order valence-electron chi connectivity index (χ0n) is 15.1. The maximum absolute atomic E-state index is 12.0. The Morgan fingerprint density at radius 3 is 2.28 bits per heavy atom. The van der Waals surface area contributed by atoms with E-state index in [0.717, 1.165) is 19.3 Å². The second-order valence-electron chi connectivity index (χ2n) is 5.74. The number of hydrogen-bond donors (Lipinski definition) is 0. The van der Waals surface area contributed by atoms with Crippen molar-refractivity contribution >= 4 is 7.82 Å². The molecule has 0 aromatic carbocycles. The van der Waals surface area contributed by atoms with Crippen LogP contribution in [0.25, 0.3) is 0 Å². The van der Waals surface area contributed by atoms with Gasteiger partial charge in [-0.05, 0) is 20.3 Å². The van der Waals surface area contributed by atoms with E-state index in [9.17, 15) is 4.57 Å². The van der Waals surface area contributed by atoms with Gasteiger partial charge >= 0.3 is 19.7 Å². The summed E-state index contributed by atoms with van der Waals surface area (Å²) in [5.74, 6) is -1.16. The largest absolute Gasteiger partial charge is 0.590 e. The van der Waals surface area contributed by atoms with Gasteiger partial charge in [0.05, 0.1) is 18.9 Å². The molecule has 2 rings (SSSR count). The predicted octanol–water partition coefficient (Wildman–Crippen LogP) is 5.47. The fraction of sp³-hybridized carbons (Fsp3) is 0.647. The van der Waals surface area contributed by atoms with Crippen LogP contribution in [0, 0.1) is 0 Å². The van der Waals surface area contributed by atoms with E-state index in [1.165, 1.54) is 25.4 Å². The number of phosphoric ester groups is 1. The quantitative estimate of drug-likeness (QED) is 0.194. The smallest absolute Gasteiger partial charge is 0.429 e. The van der Waals surface area contributed by atoms with Gasteiger partial charge in [-0.1, -0.05) is 44.8 Å². The number of unbranched alkanes of at least 4 members (excludes halogenated alkanes) is 4. The van der Waals surface area contributed by atoms with Crippen molar-refractivity contribution in [3.05, 3.63) is 36.4 Å². The molecule has 1 atom stereocenters. The fourth-order valence-electron chi connectivity index (χ4n) is 2.37. The van der Waals surface area contributed by atoms with E-state index in [0.29, 0.717) is 6.42 Å². The number of phosphoric acid groups is 1. The number of allylic oxidation sites excluding steroid dienone is 2. The molecule has 0 saturated carbocycles. The molecule has 0 amide bonds. The summed E-state index contributed by atoms with van der Waals surface area (Å²) in [5.41, 5.74) is 0. The molecule has 2 bridgehead atoms. The lowest BCUT2D eigenvalue weighted by Crippen LogP contribution is -2.36. The lowest BCUT2D eigenvalue weighted by molar-refractivity contribution is -0.338. The van der Waals surface area contributed by atoms with Crippen molar-refractivity contribution in [2.24, 2.45) is 0 Å². The Morgan fingerprint density at radius 2 is 1.76 bits per heavy atom. The standard InChI is InChI=1S/C17H27O7P/c1-4-7-8-9-10-11-17(19-12-5-2,20-13-6-3)22-16-15-14-21-25(18,23-15)24-16/h5-6,12-13H,4,7-11,14H2,1-3H3/b12-5+,13-6+. The third-order valence-corrected chi connectivity index (χ3v) is 4.88. The number of ether oxygens (including phenoxy) is 3. The van der Waals surface area contributed by atoms with Gasteiger partial charge in [-0.3, -0.25) is 4.52 Å². The Morgan fingerprint density at radius 1 is 1.08 bits per heavy atom. The number of hydrogen-bond acceptors (Lipinski definition) is 7. The van der Waals surface area contributed by atoms with Crippen LogP contribution in [0.15, 0.2) is 36.4 Å². The van der Waals surface area contributed by atoms with E-state index in [-0.39, 0.29) is 18.3 Å². The average molecular weight is 374 g/mol. The van der Waals surface area contributed by atoms with Crippen LogP contribution in [0.4, 0.5) is 0 Å². The first-order chi connectivity index (χ1) is 12.1. The minimum atomic E-state index is -3.56. The molecule has 0 spiro atoms. The third-order valence-electron chi connectivity index (χ3n) is 3.60. The summed E-state index contributed by atoms with van der Waals surface area (Å²) < 4.78 is 44.5. The molecule has 7 nitrogen and oxygen atoms in total. The minimum Gasteiger partial charge on any atom is -0.429 e. The van der Waals surface area contributed by atoms with Gasteiger partial charge in [-0.2, -0.15) is 0 Å². The first kappa shape index (κ1) is 19.7. The van der Waals surface area contributed by atoms with E-state index >= 15 is 0 Å². The zero-order valence-corrected chi connectivity index (χ0v) is 16.0. The van der Waals surface area contributed by atoms with Crippen LogP contribution in [-0.4, -0.2) is 12.6 Å². The van der Waals surface area contributed by atoms with Crippen molar-refractivity contribution in [1.82, 2.24) is 0 Å². The zero-order chi connectivity index (χ0) is 18.2. The highest BCUT2D eigenvalue weighted by molar-refractivity contribution is 7.49. The summed E-state index contributed by atoms with van der Waals surface area (Å²) >= 11 is 0. The lowest BCUT2D eigenvalue weighted by Gasteiger charge is -2.31. The van der Waals surface area contributed by atoms with Gasteiger partial charge in [0.2, 0.25) is 5.76 Å². The van der Waals surface area contributed by atoms with Crippen molar-refractivity contribution in [2.75, 3.05) is 6.61 Å². The normalized spacial score (nSPS) is 22.5. The second kappa shape index (κ2) is 9.20. The second-order valence-corrected chi connectivity index (χ2v) is 7.26. The van der Waals surface area contributed by atoms with Crippen LogP contribution >= 0.6 is 7.82 Å². The molecule has 1 unspecified atom stereocenters. The van der Waals surface area contributed by atoms with Crippen LogP contribution in [-0.2, 0) is 32.3 Å².